The van der Waals surface area contributed by atoms with Gasteiger partial charge in [-0.3, -0.25) is 14.4 Å². The second-order valence-corrected chi connectivity index (χ2v) is 5.06. The fraction of sp³-hybridized carbons (Fsp3) is 0.357. The summed E-state index contributed by atoms with van der Waals surface area (Å²) in [5.74, 6) is -2.01. The average molecular weight is 274 g/mol. The van der Waals surface area contributed by atoms with E-state index in [-0.39, 0.29) is 18.4 Å². The van der Waals surface area contributed by atoms with Crippen molar-refractivity contribution in [2.24, 2.45) is 0 Å². The van der Waals surface area contributed by atoms with E-state index < -0.39 is 17.9 Å². The molecule has 0 aliphatic carbocycles. The lowest BCUT2D eigenvalue weighted by atomic mass is 10.0. The van der Waals surface area contributed by atoms with E-state index in [4.69, 9.17) is 0 Å². The first kappa shape index (κ1) is 12.7. The average Bonchev–Trinajstić information content (AvgIpc) is 3.02. The molecule has 2 atom stereocenters. The Labute approximate surface area is 115 Å². The number of carboxylic acids is 1. The first-order valence-corrected chi connectivity index (χ1v) is 6.50. The van der Waals surface area contributed by atoms with Gasteiger partial charge in [0.1, 0.15) is 12.0 Å². The maximum absolute atomic E-state index is 12.4. The summed E-state index contributed by atoms with van der Waals surface area (Å²) in [6, 6.07) is 6.47. The van der Waals surface area contributed by atoms with Crippen molar-refractivity contribution >= 4 is 23.5 Å². The molecule has 6 nitrogen and oxygen atoms in total. The molecule has 0 saturated carbocycles. The number of carboxylic acid groups (broad SMARTS) is 1. The normalized spacial score (nSPS) is 24.4. The zero-order valence-electron chi connectivity index (χ0n) is 10.7. The largest absolute Gasteiger partial charge is 0.481 e. The SMILES string of the molecule is O=C1CCC(C(=O)N2CC(C(=O)O)c3ccccc32)N1. The molecule has 1 saturated heterocycles. The molecule has 6 heteroatoms. The van der Waals surface area contributed by atoms with Crippen LogP contribution in [0.3, 0.4) is 0 Å². The van der Waals surface area contributed by atoms with Crippen LogP contribution in [0.5, 0.6) is 0 Å². The topological polar surface area (TPSA) is 86.7 Å². The van der Waals surface area contributed by atoms with E-state index in [0.29, 0.717) is 24.1 Å². The summed E-state index contributed by atoms with van der Waals surface area (Å²) < 4.78 is 0. The maximum Gasteiger partial charge on any atom is 0.312 e. The molecule has 2 unspecified atom stereocenters. The van der Waals surface area contributed by atoms with Gasteiger partial charge in [-0.2, -0.15) is 0 Å². The Kier molecular flexibility index (Phi) is 2.93. The second kappa shape index (κ2) is 4.63. The number of carbonyl (C=O) groups excluding carboxylic acids is 2. The Morgan fingerprint density at radius 3 is 2.70 bits per heavy atom. The van der Waals surface area contributed by atoms with Gasteiger partial charge in [0.2, 0.25) is 11.8 Å². The van der Waals surface area contributed by atoms with Crippen molar-refractivity contribution in [3.63, 3.8) is 0 Å². The van der Waals surface area contributed by atoms with Crippen LogP contribution in [0, 0.1) is 0 Å². The minimum absolute atomic E-state index is 0.125. The van der Waals surface area contributed by atoms with Gasteiger partial charge < -0.3 is 15.3 Å². The van der Waals surface area contributed by atoms with E-state index in [0.717, 1.165) is 0 Å². The number of amides is 2. The zero-order chi connectivity index (χ0) is 14.3. The van der Waals surface area contributed by atoms with Gasteiger partial charge in [-0.1, -0.05) is 18.2 Å². The third kappa shape index (κ3) is 1.93. The van der Waals surface area contributed by atoms with Crippen LogP contribution in [0.15, 0.2) is 24.3 Å². The van der Waals surface area contributed by atoms with Crippen LogP contribution in [0.25, 0.3) is 0 Å². The molecule has 1 aromatic rings. The maximum atomic E-state index is 12.4. The van der Waals surface area contributed by atoms with Crippen LogP contribution in [-0.2, 0) is 14.4 Å². The van der Waals surface area contributed by atoms with Crippen LogP contribution in [0.1, 0.15) is 24.3 Å². The highest BCUT2D eigenvalue weighted by molar-refractivity contribution is 6.04. The van der Waals surface area contributed by atoms with Crippen molar-refractivity contribution in [2.45, 2.75) is 24.8 Å². The van der Waals surface area contributed by atoms with E-state index in [1.807, 2.05) is 0 Å². The number of anilines is 1. The molecule has 20 heavy (non-hydrogen) atoms. The summed E-state index contributed by atoms with van der Waals surface area (Å²) in [6.45, 7) is 0.125. The van der Waals surface area contributed by atoms with E-state index in [1.54, 1.807) is 24.3 Å². The summed E-state index contributed by atoms with van der Waals surface area (Å²) in [7, 11) is 0. The molecule has 2 aliphatic rings. The molecule has 2 aliphatic heterocycles. The van der Waals surface area contributed by atoms with Gasteiger partial charge in [-0.05, 0) is 18.1 Å². The number of hydrogen-bond acceptors (Lipinski definition) is 3. The molecule has 2 N–H and O–H groups in total. The molecule has 2 amide bonds. The predicted octanol–water partition coefficient (Wildman–Crippen LogP) is 0.480. The Hall–Kier alpha value is -2.37. The van der Waals surface area contributed by atoms with Gasteiger partial charge in [0.05, 0.1) is 0 Å². The first-order valence-electron chi connectivity index (χ1n) is 6.50. The van der Waals surface area contributed by atoms with Crippen molar-refractivity contribution in [1.82, 2.24) is 5.32 Å². The Morgan fingerprint density at radius 1 is 1.30 bits per heavy atom. The lowest BCUT2D eigenvalue weighted by molar-refractivity contribution is -0.138. The summed E-state index contributed by atoms with van der Waals surface area (Å²) in [5.41, 5.74) is 1.28. The quantitative estimate of drug-likeness (QED) is 0.821. The molecule has 2 heterocycles. The fourth-order valence-corrected chi connectivity index (χ4v) is 2.81. The van der Waals surface area contributed by atoms with E-state index in [2.05, 4.69) is 5.32 Å². The number of benzene rings is 1. The Balaban J connectivity index is 1.90. The van der Waals surface area contributed by atoms with Gasteiger partial charge in [-0.15, -0.1) is 0 Å². The van der Waals surface area contributed by atoms with Crippen LogP contribution in [0.4, 0.5) is 5.69 Å². The molecule has 0 bridgehead atoms. The van der Waals surface area contributed by atoms with Crippen LogP contribution < -0.4 is 10.2 Å². The number of nitrogens with one attached hydrogen (secondary N) is 1. The number of para-hydroxylation sites is 1. The van der Waals surface area contributed by atoms with Gasteiger partial charge in [0, 0.05) is 18.7 Å². The van der Waals surface area contributed by atoms with Crippen molar-refractivity contribution in [1.29, 1.82) is 0 Å². The van der Waals surface area contributed by atoms with Gasteiger partial charge >= 0.3 is 5.97 Å². The molecule has 0 spiro atoms. The van der Waals surface area contributed by atoms with E-state index in [9.17, 15) is 19.5 Å². The van der Waals surface area contributed by atoms with Gasteiger partial charge in [-0.25, -0.2) is 0 Å². The number of rotatable bonds is 2. The highest BCUT2D eigenvalue weighted by Crippen LogP contribution is 2.36. The van der Waals surface area contributed by atoms with Gasteiger partial charge in [0.25, 0.3) is 0 Å². The van der Waals surface area contributed by atoms with Gasteiger partial charge in [0.15, 0.2) is 0 Å². The first-order chi connectivity index (χ1) is 9.58. The van der Waals surface area contributed by atoms with Crippen LogP contribution >= 0.6 is 0 Å². The zero-order valence-corrected chi connectivity index (χ0v) is 10.7. The standard InChI is InChI=1S/C14H14N2O4/c17-12-6-5-10(15-12)13(18)16-7-9(14(19)20)8-3-1-2-4-11(8)16/h1-4,9-10H,5-7H2,(H,15,17)(H,19,20). The fourth-order valence-electron chi connectivity index (χ4n) is 2.81. The molecule has 1 fully saturated rings. The number of carbonyl (C=O) groups is 3. The van der Waals surface area contributed by atoms with Crippen molar-refractivity contribution in [2.75, 3.05) is 11.4 Å². The molecule has 0 aromatic heterocycles. The lowest BCUT2D eigenvalue weighted by Crippen LogP contribution is -2.44. The number of fused-ring (bicyclic) bond motifs is 1. The third-order valence-electron chi connectivity index (χ3n) is 3.83. The predicted molar refractivity (Wildman–Crippen MR) is 70.3 cm³/mol. The Bertz CT molecular complexity index is 599. The van der Waals surface area contributed by atoms with E-state index >= 15 is 0 Å². The molecule has 3 rings (SSSR count). The highest BCUT2D eigenvalue weighted by Gasteiger charge is 2.40. The Morgan fingerprint density at radius 2 is 2.05 bits per heavy atom. The van der Waals surface area contributed by atoms with Crippen molar-refractivity contribution in [3.05, 3.63) is 29.8 Å². The minimum Gasteiger partial charge on any atom is -0.481 e. The second-order valence-electron chi connectivity index (χ2n) is 5.06. The molecule has 104 valence electrons. The molecular weight excluding hydrogens is 260 g/mol. The van der Waals surface area contributed by atoms with Crippen molar-refractivity contribution < 1.29 is 19.5 Å². The monoisotopic (exact) mass is 274 g/mol. The van der Waals surface area contributed by atoms with Crippen molar-refractivity contribution in [3.8, 4) is 0 Å². The third-order valence-corrected chi connectivity index (χ3v) is 3.83. The summed E-state index contributed by atoms with van der Waals surface area (Å²) in [6.07, 6.45) is 0.808. The van der Waals surface area contributed by atoms with Crippen LogP contribution in [-0.4, -0.2) is 35.5 Å². The van der Waals surface area contributed by atoms with E-state index in [1.165, 1.54) is 4.90 Å². The number of hydrogen-bond donors (Lipinski definition) is 2. The smallest absolute Gasteiger partial charge is 0.312 e. The molecule has 1 aromatic carbocycles. The highest BCUT2D eigenvalue weighted by atomic mass is 16.4. The molecule has 0 radical (unpaired) electrons. The summed E-state index contributed by atoms with van der Waals surface area (Å²) in [4.78, 5) is 36.4. The van der Waals surface area contributed by atoms with Crippen LogP contribution in [0.2, 0.25) is 0 Å². The summed E-state index contributed by atoms with van der Waals surface area (Å²) in [5, 5.41) is 11.9. The number of aliphatic carboxylic acids is 1. The minimum atomic E-state index is -0.941. The number of nitrogens with zero attached hydrogens (tertiary/aromatic N) is 1. The lowest BCUT2D eigenvalue weighted by Gasteiger charge is -2.21. The summed E-state index contributed by atoms with van der Waals surface area (Å²) >= 11 is 0. The molecular formula is C14H14N2O4.